The third-order valence-corrected chi connectivity index (χ3v) is 5.07. The number of para-hydroxylation sites is 1. The fourth-order valence-electron chi connectivity index (χ4n) is 3.35. The molecule has 3 rings (SSSR count). The van der Waals surface area contributed by atoms with Gasteiger partial charge < -0.3 is 19.9 Å². The van der Waals surface area contributed by atoms with Gasteiger partial charge >= 0.3 is 0 Å². The van der Waals surface area contributed by atoms with Gasteiger partial charge in [-0.1, -0.05) is 24.3 Å². The molecule has 0 aliphatic rings. The predicted molar refractivity (Wildman–Crippen MR) is 110 cm³/mol. The number of ether oxygens (including phenoxy) is 1. The van der Waals surface area contributed by atoms with Gasteiger partial charge in [-0.3, -0.25) is 9.59 Å². The van der Waals surface area contributed by atoms with Gasteiger partial charge in [0.05, 0.1) is 19.7 Å². The summed E-state index contributed by atoms with van der Waals surface area (Å²) in [5, 5.41) is 3.78. The zero-order valence-corrected chi connectivity index (χ0v) is 16.6. The maximum Gasteiger partial charge on any atom is 0.279 e. The topological polar surface area (TPSA) is 75.6 Å². The standard InChI is InChI=1S/C22H25N3O3/c1-14-21(18-10-5-6-11-19(18)23-14)22(27)15(2)25(3)13-20(26)24-16-8-7-9-17(12-16)28-4/h5-12,15,23H,13H2,1-4H3,(H,24,26)/p+1/t15-/m1/s1. The highest BCUT2D eigenvalue weighted by molar-refractivity contribution is 6.11. The van der Waals surface area contributed by atoms with Gasteiger partial charge in [0.25, 0.3) is 5.91 Å². The molecule has 6 heteroatoms. The molecule has 2 aromatic carbocycles. The first-order valence-corrected chi connectivity index (χ1v) is 9.28. The summed E-state index contributed by atoms with van der Waals surface area (Å²) in [4.78, 5) is 29.6. The first-order valence-electron chi connectivity index (χ1n) is 9.28. The van der Waals surface area contributed by atoms with E-state index in [-0.39, 0.29) is 24.3 Å². The second kappa shape index (κ2) is 8.27. The minimum Gasteiger partial charge on any atom is -0.497 e. The van der Waals surface area contributed by atoms with Crippen LogP contribution in [0.5, 0.6) is 5.75 Å². The van der Waals surface area contributed by atoms with Crippen LogP contribution in [0.2, 0.25) is 0 Å². The normalized spacial score (nSPS) is 13.1. The van der Waals surface area contributed by atoms with E-state index in [1.54, 1.807) is 19.2 Å². The number of likely N-dealkylation sites (N-methyl/N-ethyl adjacent to an activating group) is 1. The number of ketones is 1. The molecule has 0 aliphatic heterocycles. The van der Waals surface area contributed by atoms with Crippen LogP contribution in [0.1, 0.15) is 23.0 Å². The predicted octanol–water partition coefficient (Wildman–Crippen LogP) is 2.21. The van der Waals surface area contributed by atoms with Crippen molar-refractivity contribution in [3.63, 3.8) is 0 Å². The summed E-state index contributed by atoms with van der Waals surface area (Å²) in [6, 6.07) is 14.6. The Morgan fingerprint density at radius 2 is 1.93 bits per heavy atom. The number of aryl methyl sites for hydroxylation is 1. The average Bonchev–Trinajstić information content (AvgIpc) is 3.02. The number of aromatic amines is 1. The molecule has 3 N–H and O–H groups in total. The van der Waals surface area contributed by atoms with Crippen LogP contribution in [0.25, 0.3) is 10.9 Å². The molecular weight excluding hydrogens is 354 g/mol. The van der Waals surface area contributed by atoms with Gasteiger partial charge in [0, 0.05) is 28.4 Å². The first-order chi connectivity index (χ1) is 13.4. The van der Waals surface area contributed by atoms with Gasteiger partial charge in [0.2, 0.25) is 5.78 Å². The Morgan fingerprint density at radius 3 is 2.68 bits per heavy atom. The number of hydrogen-bond acceptors (Lipinski definition) is 3. The summed E-state index contributed by atoms with van der Waals surface area (Å²) in [5.74, 6) is 0.555. The Bertz CT molecular complexity index is 1010. The van der Waals surface area contributed by atoms with E-state index in [0.717, 1.165) is 21.5 Å². The summed E-state index contributed by atoms with van der Waals surface area (Å²) in [6.07, 6.45) is 0. The van der Waals surface area contributed by atoms with Crippen LogP contribution in [0.3, 0.4) is 0 Å². The van der Waals surface area contributed by atoms with Gasteiger partial charge in [0.15, 0.2) is 6.54 Å². The van der Waals surface area contributed by atoms with Crippen LogP contribution in [0.15, 0.2) is 48.5 Å². The largest absolute Gasteiger partial charge is 0.497 e. The van der Waals surface area contributed by atoms with E-state index in [2.05, 4.69) is 10.3 Å². The number of hydrogen-bond donors (Lipinski definition) is 3. The Morgan fingerprint density at radius 1 is 1.18 bits per heavy atom. The van der Waals surface area contributed by atoms with E-state index in [4.69, 9.17) is 4.74 Å². The van der Waals surface area contributed by atoms with Crippen molar-refractivity contribution >= 4 is 28.3 Å². The zero-order valence-electron chi connectivity index (χ0n) is 16.6. The summed E-state index contributed by atoms with van der Waals surface area (Å²) in [5.41, 5.74) is 3.18. The second-order valence-corrected chi connectivity index (χ2v) is 7.06. The molecule has 1 unspecified atom stereocenters. The van der Waals surface area contributed by atoms with Crippen LogP contribution < -0.4 is 15.0 Å². The Balaban J connectivity index is 1.69. The molecule has 0 bridgehead atoms. The lowest BCUT2D eigenvalue weighted by Crippen LogP contribution is -3.14. The first kappa shape index (κ1) is 19.6. The van der Waals surface area contributed by atoms with Gasteiger partial charge in [-0.05, 0) is 32.0 Å². The summed E-state index contributed by atoms with van der Waals surface area (Å²) >= 11 is 0. The molecule has 0 fully saturated rings. The molecule has 2 atom stereocenters. The Hall–Kier alpha value is -3.12. The number of H-pyrrole nitrogens is 1. The quantitative estimate of drug-likeness (QED) is 0.550. The lowest BCUT2D eigenvalue weighted by molar-refractivity contribution is -0.885. The highest BCUT2D eigenvalue weighted by atomic mass is 16.5. The number of quaternary nitrogens is 1. The van der Waals surface area contributed by atoms with E-state index in [0.29, 0.717) is 17.0 Å². The van der Waals surface area contributed by atoms with Gasteiger partial charge in [0.1, 0.15) is 11.8 Å². The number of carbonyl (C=O) groups is 2. The second-order valence-electron chi connectivity index (χ2n) is 7.06. The molecule has 1 aromatic heterocycles. The van der Waals surface area contributed by atoms with Crippen molar-refractivity contribution in [1.82, 2.24) is 4.98 Å². The number of amides is 1. The minimum atomic E-state index is -0.353. The molecule has 0 aliphatic carbocycles. The maximum atomic E-state index is 13.1. The number of anilines is 1. The summed E-state index contributed by atoms with van der Waals surface area (Å²) in [6.45, 7) is 3.95. The summed E-state index contributed by atoms with van der Waals surface area (Å²) in [7, 11) is 3.44. The molecule has 0 radical (unpaired) electrons. The molecular formula is C22H26N3O3+. The Labute approximate surface area is 164 Å². The zero-order chi connectivity index (χ0) is 20.3. The number of benzene rings is 2. The molecule has 28 heavy (non-hydrogen) atoms. The number of Topliss-reactive ketones (excluding diaryl/α,β-unsaturated/α-hetero) is 1. The van der Waals surface area contributed by atoms with Crippen LogP contribution in [-0.4, -0.2) is 43.4 Å². The number of carbonyl (C=O) groups excluding carboxylic acids is 2. The van der Waals surface area contributed by atoms with Crippen LogP contribution in [0.4, 0.5) is 5.69 Å². The molecule has 0 saturated heterocycles. The van der Waals surface area contributed by atoms with Crippen LogP contribution in [-0.2, 0) is 4.79 Å². The smallest absolute Gasteiger partial charge is 0.279 e. The molecule has 1 amide bonds. The molecule has 6 nitrogen and oxygen atoms in total. The van der Waals surface area contributed by atoms with E-state index >= 15 is 0 Å². The van der Waals surface area contributed by atoms with E-state index in [1.165, 1.54) is 0 Å². The fourth-order valence-corrected chi connectivity index (χ4v) is 3.35. The summed E-state index contributed by atoms with van der Waals surface area (Å²) < 4.78 is 5.17. The van der Waals surface area contributed by atoms with Gasteiger partial charge in [-0.2, -0.15) is 0 Å². The number of nitrogens with one attached hydrogen (secondary N) is 3. The van der Waals surface area contributed by atoms with Gasteiger partial charge in [-0.25, -0.2) is 0 Å². The van der Waals surface area contributed by atoms with Crippen LogP contribution in [0, 0.1) is 6.92 Å². The van der Waals surface area contributed by atoms with E-state index in [1.807, 2.05) is 57.3 Å². The van der Waals surface area contributed by atoms with E-state index in [9.17, 15) is 9.59 Å². The number of fused-ring (bicyclic) bond motifs is 1. The maximum absolute atomic E-state index is 13.1. The minimum absolute atomic E-state index is 0.0293. The molecule has 0 saturated carbocycles. The highest BCUT2D eigenvalue weighted by Crippen LogP contribution is 2.22. The third-order valence-electron chi connectivity index (χ3n) is 5.07. The monoisotopic (exact) mass is 380 g/mol. The average molecular weight is 380 g/mol. The van der Waals surface area contributed by atoms with Gasteiger partial charge in [-0.15, -0.1) is 0 Å². The number of rotatable bonds is 7. The lowest BCUT2D eigenvalue weighted by Gasteiger charge is -2.20. The lowest BCUT2D eigenvalue weighted by atomic mass is 10.0. The van der Waals surface area contributed by atoms with Crippen molar-refractivity contribution in [2.45, 2.75) is 19.9 Å². The highest BCUT2D eigenvalue weighted by Gasteiger charge is 2.28. The molecule has 0 spiro atoms. The Kier molecular flexibility index (Phi) is 5.80. The number of methoxy groups -OCH3 is 1. The molecule has 1 heterocycles. The van der Waals surface area contributed by atoms with Crippen LogP contribution >= 0.6 is 0 Å². The third kappa shape index (κ3) is 4.07. The fraction of sp³-hybridized carbons (Fsp3) is 0.273. The van der Waals surface area contributed by atoms with Crippen molar-refractivity contribution in [3.8, 4) is 5.75 Å². The van der Waals surface area contributed by atoms with Crippen molar-refractivity contribution in [3.05, 3.63) is 59.8 Å². The SMILES string of the molecule is COc1cccc(NC(=O)C[NH+](C)[C@H](C)C(=O)c2c(C)[nH]c3ccccc23)c1. The van der Waals surface area contributed by atoms with Crippen molar-refractivity contribution < 1.29 is 19.2 Å². The van der Waals surface area contributed by atoms with Crippen molar-refractivity contribution in [1.29, 1.82) is 0 Å². The van der Waals surface area contributed by atoms with E-state index < -0.39 is 0 Å². The number of aromatic nitrogens is 1. The van der Waals surface area contributed by atoms with Crippen molar-refractivity contribution in [2.24, 2.45) is 0 Å². The van der Waals surface area contributed by atoms with Crippen molar-refractivity contribution in [2.75, 3.05) is 26.0 Å². The molecule has 146 valence electrons. The molecule has 3 aromatic rings.